The first-order chi connectivity index (χ1) is 4.09. The Morgan fingerprint density at radius 3 is 1.78 bits per heavy atom. The molecular formula is C6H14N2S. The second-order valence-electron chi connectivity index (χ2n) is 2.18. The molecule has 0 aromatic rings. The third kappa shape index (κ3) is 2.65. The molecule has 0 saturated heterocycles. The molecule has 0 aliphatic carbocycles. The summed E-state index contributed by atoms with van der Waals surface area (Å²) in [5, 5.41) is 0. The van der Waals surface area contributed by atoms with E-state index < -0.39 is 0 Å². The minimum Gasteiger partial charge on any atom is -0.385 e. The molecule has 0 aliphatic heterocycles. The Kier molecular flexibility index (Phi) is 3.54. The van der Waals surface area contributed by atoms with Crippen molar-refractivity contribution in [1.82, 2.24) is 0 Å². The monoisotopic (exact) mass is 146 g/mol. The fourth-order valence-electron chi connectivity index (χ4n) is 0.687. The first-order valence-corrected chi connectivity index (χ1v) is 4.11. The number of thioether (sulfide) groups is 1. The van der Waals surface area contributed by atoms with Crippen LogP contribution in [0.25, 0.3) is 0 Å². The minimum absolute atomic E-state index is 0.449. The van der Waals surface area contributed by atoms with Crippen molar-refractivity contribution in [2.24, 2.45) is 17.4 Å². The predicted molar refractivity (Wildman–Crippen MR) is 43.8 cm³/mol. The standard InChI is InChI=1S/C6H14N2S/c1-4(2)5(9-3)6(7)8/h4H,7-8H2,1-3H3. The van der Waals surface area contributed by atoms with E-state index >= 15 is 0 Å². The summed E-state index contributed by atoms with van der Waals surface area (Å²) in [5.41, 5.74) is 10.8. The Morgan fingerprint density at radius 2 is 1.78 bits per heavy atom. The Morgan fingerprint density at radius 1 is 1.33 bits per heavy atom. The maximum absolute atomic E-state index is 5.38. The lowest BCUT2D eigenvalue weighted by Crippen LogP contribution is -2.13. The van der Waals surface area contributed by atoms with E-state index in [-0.39, 0.29) is 0 Å². The highest BCUT2D eigenvalue weighted by molar-refractivity contribution is 8.02. The SMILES string of the molecule is CSC(=C(N)N)C(C)C. The molecule has 0 saturated carbocycles. The molecule has 0 heterocycles. The van der Waals surface area contributed by atoms with Gasteiger partial charge in [-0.1, -0.05) is 13.8 Å². The summed E-state index contributed by atoms with van der Waals surface area (Å²) >= 11 is 1.62. The van der Waals surface area contributed by atoms with Gasteiger partial charge in [0.15, 0.2) is 0 Å². The highest BCUT2D eigenvalue weighted by atomic mass is 32.2. The van der Waals surface area contributed by atoms with Crippen LogP contribution in [0, 0.1) is 5.92 Å². The molecule has 0 amide bonds. The molecule has 0 aromatic carbocycles. The van der Waals surface area contributed by atoms with Gasteiger partial charge in [-0.25, -0.2) is 0 Å². The fraction of sp³-hybridized carbons (Fsp3) is 0.667. The average Bonchev–Trinajstić information content (AvgIpc) is 1.64. The maximum Gasteiger partial charge on any atom is 0.103 e. The quantitative estimate of drug-likeness (QED) is 0.613. The number of rotatable bonds is 2. The molecule has 0 atom stereocenters. The summed E-state index contributed by atoms with van der Waals surface area (Å²) in [6.45, 7) is 4.15. The lowest BCUT2D eigenvalue weighted by atomic mass is 10.2. The van der Waals surface area contributed by atoms with Crippen molar-refractivity contribution in [1.29, 1.82) is 0 Å². The van der Waals surface area contributed by atoms with Crippen LogP contribution in [0.15, 0.2) is 10.7 Å². The van der Waals surface area contributed by atoms with Gasteiger partial charge in [-0.3, -0.25) is 0 Å². The van der Waals surface area contributed by atoms with E-state index in [4.69, 9.17) is 11.5 Å². The van der Waals surface area contributed by atoms with Gasteiger partial charge in [0.05, 0.1) is 0 Å². The molecule has 4 N–H and O–H groups in total. The summed E-state index contributed by atoms with van der Waals surface area (Å²) in [5.74, 6) is 0.905. The zero-order chi connectivity index (χ0) is 7.44. The van der Waals surface area contributed by atoms with Crippen LogP contribution in [-0.4, -0.2) is 6.26 Å². The summed E-state index contributed by atoms with van der Waals surface area (Å²) in [6, 6.07) is 0. The van der Waals surface area contributed by atoms with Crippen LogP contribution in [0.5, 0.6) is 0 Å². The van der Waals surface area contributed by atoms with E-state index in [0.29, 0.717) is 11.7 Å². The summed E-state index contributed by atoms with van der Waals surface area (Å²) < 4.78 is 0. The van der Waals surface area contributed by atoms with Crippen LogP contribution in [0.2, 0.25) is 0 Å². The van der Waals surface area contributed by atoms with Gasteiger partial charge in [0, 0.05) is 4.91 Å². The second-order valence-corrected chi connectivity index (χ2v) is 3.03. The van der Waals surface area contributed by atoms with Crippen LogP contribution in [0.3, 0.4) is 0 Å². The zero-order valence-corrected chi connectivity index (χ0v) is 6.96. The van der Waals surface area contributed by atoms with Crippen LogP contribution in [-0.2, 0) is 0 Å². The van der Waals surface area contributed by atoms with Gasteiger partial charge < -0.3 is 11.5 Å². The molecule has 0 fully saturated rings. The van der Waals surface area contributed by atoms with Crippen LogP contribution in [0.1, 0.15) is 13.8 Å². The van der Waals surface area contributed by atoms with Crippen LogP contribution >= 0.6 is 11.8 Å². The predicted octanol–water partition coefficient (Wildman–Crippen LogP) is 1.09. The van der Waals surface area contributed by atoms with Crippen molar-refractivity contribution in [3.05, 3.63) is 10.7 Å². The number of nitrogens with two attached hydrogens (primary N) is 2. The normalized spacial score (nSPS) is 9.78. The second kappa shape index (κ2) is 3.67. The Labute approximate surface area is 60.7 Å². The molecule has 0 rings (SSSR count). The Bertz CT molecular complexity index is 114. The van der Waals surface area contributed by atoms with E-state index in [9.17, 15) is 0 Å². The van der Waals surface area contributed by atoms with Gasteiger partial charge in [0.1, 0.15) is 5.82 Å². The molecule has 54 valence electrons. The Balaban J connectivity index is 4.16. The smallest absolute Gasteiger partial charge is 0.103 e. The number of hydrogen-bond acceptors (Lipinski definition) is 3. The van der Waals surface area contributed by atoms with Gasteiger partial charge in [-0.2, -0.15) is 0 Å². The Hall–Kier alpha value is -0.310. The van der Waals surface area contributed by atoms with Crippen molar-refractivity contribution in [3.63, 3.8) is 0 Å². The largest absolute Gasteiger partial charge is 0.385 e. The number of hydrogen-bond donors (Lipinski definition) is 2. The van der Waals surface area contributed by atoms with Crippen LogP contribution < -0.4 is 11.5 Å². The molecular weight excluding hydrogens is 132 g/mol. The summed E-state index contributed by atoms with van der Waals surface area (Å²) in [6.07, 6.45) is 1.98. The van der Waals surface area contributed by atoms with Crippen molar-refractivity contribution in [3.8, 4) is 0 Å². The fourth-order valence-corrected chi connectivity index (χ4v) is 1.39. The molecule has 0 unspecified atom stereocenters. The molecule has 0 aliphatic rings. The van der Waals surface area contributed by atoms with Gasteiger partial charge >= 0.3 is 0 Å². The number of allylic oxidation sites excluding steroid dienone is 1. The summed E-state index contributed by atoms with van der Waals surface area (Å²) in [4.78, 5) is 1.08. The zero-order valence-electron chi connectivity index (χ0n) is 6.14. The molecule has 3 heteroatoms. The van der Waals surface area contributed by atoms with Crippen LogP contribution in [0.4, 0.5) is 0 Å². The molecule has 0 aromatic heterocycles. The molecule has 9 heavy (non-hydrogen) atoms. The average molecular weight is 146 g/mol. The minimum atomic E-state index is 0.449. The van der Waals surface area contributed by atoms with Crippen molar-refractivity contribution in [2.45, 2.75) is 13.8 Å². The third-order valence-electron chi connectivity index (χ3n) is 1.03. The topological polar surface area (TPSA) is 52.0 Å². The molecule has 0 bridgehead atoms. The van der Waals surface area contributed by atoms with E-state index in [1.807, 2.05) is 6.26 Å². The van der Waals surface area contributed by atoms with Gasteiger partial charge in [-0.05, 0) is 12.2 Å². The van der Waals surface area contributed by atoms with Gasteiger partial charge in [-0.15, -0.1) is 11.8 Å². The first-order valence-electron chi connectivity index (χ1n) is 2.88. The molecule has 0 radical (unpaired) electrons. The van der Waals surface area contributed by atoms with E-state index in [0.717, 1.165) is 4.91 Å². The molecule has 2 nitrogen and oxygen atoms in total. The van der Waals surface area contributed by atoms with E-state index in [2.05, 4.69) is 13.8 Å². The lowest BCUT2D eigenvalue weighted by molar-refractivity contribution is 0.801. The van der Waals surface area contributed by atoms with Crippen molar-refractivity contribution < 1.29 is 0 Å². The van der Waals surface area contributed by atoms with Gasteiger partial charge in [0.25, 0.3) is 0 Å². The highest BCUT2D eigenvalue weighted by Crippen LogP contribution is 2.20. The summed E-state index contributed by atoms with van der Waals surface area (Å²) in [7, 11) is 0. The highest BCUT2D eigenvalue weighted by Gasteiger charge is 2.03. The van der Waals surface area contributed by atoms with E-state index in [1.54, 1.807) is 11.8 Å². The maximum atomic E-state index is 5.38. The van der Waals surface area contributed by atoms with Crippen molar-refractivity contribution in [2.75, 3.05) is 6.26 Å². The third-order valence-corrected chi connectivity index (χ3v) is 2.18. The lowest BCUT2D eigenvalue weighted by Gasteiger charge is -2.08. The van der Waals surface area contributed by atoms with E-state index in [1.165, 1.54) is 0 Å². The van der Waals surface area contributed by atoms with Crippen molar-refractivity contribution >= 4 is 11.8 Å². The molecule has 0 spiro atoms. The van der Waals surface area contributed by atoms with Gasteiger partial charge in [0.2, 0.25) is 0 Å². The first kappa shape index (κ1) is 8.69.